The quantitative estimate of drug-likeness (QED) is 0.727. The van der Waals surface area contributed by atoms with Crippen LogP contribution in [0.2, 0.25) is 0 Å². The summed E-state index contributed by atoms with van der Waals surface area (Å²) in [7, 11) is 0. The zero-order valence-electron chi connectivity index (χ0n) is 12.4. The number of carbonyl (C=O) groups is 3. The van der Waals surface area contributed by atoms with E-state index in [2.05, 4.69) is 5.32 Å². The zero-order chi connectivity index (χ0) is 15.3. The summed E-state index contributed by atoms with van der Waals surface area (Å²) in [6.07, 6.45) is 1.89. The minimum absolute atomic E-state index is 0.0670. The number of imide groups is 1. The molecule has 2 rings (SSSR count). The first-order valence-electron chi connectivity index (χ1n) is 6.95. The van der Waals surface area contributed by atoms with Gasteiger partial charge in [0.2, 0.25) is 11.8 Å². The van der Waals surface area contributed by atoms with Crippen molar-refractivity contribution in [2.24, 2.45) is 5.41 Å². The molecule has 2 aliphatic rings. The van der Waals surface area contributed by atoms with Crippen LogP contribution in [0.1, 0.15) is 47.0 Å². The Morgan fingerprint density at radius 2 is 1.80 bits per heavy atom. The highest BCUT2D eigenvalue weighted by Crippen LogP contribution is 2.35. The number of likely N-dealkylation sites (tertiary alicyclic amines) is 1. The van der Waals surface area contributed by atoms with Gasteiger partial charge >= 0.3 is 5.97 Å². The average molecular weight is 282 g/mol. The third kappa shape index (κ3) is 2.32. The van der Waals surface area contributed by atoms with Gasteiger partial charge in [0, 0.05) is 11.6 Å². The van der Waals surface area contributed by atoms with Crippen molar-refractivity contribution in [3.8, 4) is 0 Å². The maximum Gasteiger partial charge on any atom is 0.310 e. The average Bonchev–Trinajstić information content (AvgIpc) is 3.07. The molecule has 1 aliphatic carbocycles. The van der Waals surface area contributed by atoms with Crippen LogP contribution in [0, 0.1) is 5.41 Å². The van der Waals surface area contributed by atoms with Crippen molar-refractivity contribution >= 4 is 17.8 Å². The molecular weight excluding hydrogens is 260 g/mol. The maximum absolute atomic E-state index is 12.3. The van der Waals surface area contributed by atoms with Crippen molar-refractivity contribution in [2.75, 3.05) is 0 Å². The molecule has 1 saturated heterocycles. The summed E-state index contributed by atoms with van der Waals surface area (Å²) in [4.78, 5) is 36.9. The van der Waals surface area contributed by atoms with Gasteiger partial charge in [-0.05, 0) is 40.5 Å². The summed E-state index contributed by atoms with van der Waals surface area (Å²) in [6.45, 7) is 6.72. The van der Waals surface area contributed by atoms with Gasteiger partial charge in [0.1, 0.15) is 0 Å². The van der Waals surface area contributed by atoms with Crippen molar-refractivity contribution in [3.05, 3.63) is 0 Å². The van der Waals surface area contributed by atoms with Crippen LogP contribution < -0.4 is 5.32 Å². The molecule has 1 heterocycles. The molecule has 112 valence electrons. The maximum atomic E-state index is 12.3. The van der Waals surface area contributed by atoms with Crippen LogP contribution in [-0.2, 0) is 14.4 Å². The Bertz CT molecular complexity index is 466. The highest BCUT2D eigenvalue weighted by molar-refractivity contribution is 6.06. The van der Waals surface area contributed by atoms with Crippen molar-refractivity contribution in [1.82, 2.24) is 10.2 Å². The molecule has 20 heavy (non-hydrogen) atoms. The summed E-state index contributed by atoms with van der Waals surface area (Å²) < 4.78 is 0. The number of nitrogens with zero attached hydrogens (tertiary/aromatic N) is 1. The Labute approximate surface area is 118 Å². The molecule has 2 amide bonds. The Morgan fingerprint density at radius 3 is 2.25 bits per heavy atom. The summed E-state index contributed by atoms with van der Waals surface area (Å²) in [6, 6.07) is -0.547. The van der Waals surface area contributed by atoms with E-state index in [4.69, 9.17) is 0 Å². The predicted molar refractivity (Wildman–Crippen MR) is 71.9 cm³/mol. The van der Waals surface area contributed by atoms with Gasteiger partial charge in [-0.15, -0.1) is 0 Å². The van der Waals surface area contributed by atoms with Gasteiger partial charge in [-0.1, -0.05) is 0 Å². The molecule has 2 N–H and O–H groups in total. The van der Waals surface area contributed by atoms with Crippen LogP contribution >= 0.6 is 0 Å². The molecule has 0 spiro atoms. The van der Waals surface area contributed by atoms with Gasteiger partial charge in [0.25, 0.3) is 0 Å². The van der Waals surface area contributed by atoms with Gasteiger partial charge < -0.3 is 5.11 Å². The number of carbonyl (C=O) groups excluding carboxylic acids is 2. The first kappa shape index (κ1) is 15.0. The van der Waals surface area contributed by atoms with E-state index < -0.39 is 23.0 Å². The van der Waals surface area contributed by atoms with Crippen molar-refractivity contribution < 1.29 is 19.5 Å². The topological polar surface area (TPSA) is 86.7 Å². The molecule has 0 aromatic rings. The standard InChI is InChI=1S/C14H22N2O4/c1-13(2,12(19)20)14(3,4)15-9-7-10(17)16(11(9)18)8-5-6-8/h8-9,15H,5-7H2,1-4H3,(H,19,20). The molecule has 6 heteroatoms. The number of hydrogen-bond acceptors (Lipinski definition) is 4. The smallest absolute Gasteiger partial charge is 0.310 e. The fourth-order valence-corrected chi connectivity index (χ4v) is 2.36. The van der Waals surface area contributed by atoms with E-state index in [1.165, 1.54) is 4.90 Å². The van der Waals surface area contributed by atoms with Gasteiger partial charge in [0.05, 0.1) is 17.9 Å². The number of rotatable bonds is 5. The summed E-state index contributed by atoms with van der Waals surface area (Å²) in [5, 5.41) is 12.4. The van der Waals surface area contributed by atoms with Crippen molar-refractivity contribution in [1.29, 1.82) is 0 Å². The Morgan fingerprint density at radius 1 is 1.25 bits per heavy atom. The fraction of sp³-hybridized carbons (Fsp3) is 0.786. The number of nitrogens with one attached hydrogen (secondary N) is 1. The predicted octanol–water partition coefficient (Wildman–Crippen LogP) is 0.755. The van der Waals surface area contributed by atoms with E-state index in [0.29, 0.717) is 0 Å². The lowest BCUT2D eigenvalue weighted by molar-refractivity contribution is -0.152. The van der Waals surface area contributed by atoms with Crippen LogP contribution in [0.15, 0.2) is 0 Å². The summed E-state index contributed by atoms with van der Waals surface area (Å²) in [5.41, 5.74) is -1.86. The van der Waals surface area contributed by atoms with E-state index in [1.807, 2.05) is 0 Å². The lowest BCUT2D eigenvalue weighted by Crippen LogP contribution is -2.59. The molecule has 0 aromatic carbocycles. The molecule has 6 nitrogen and oxygen atoms in total. The fourth-order valence-electron chi connectivity index (χ4n) is 2.36. The van der Waals surface area contributed by atoms with Gasteiger partial charge in [-0.2, -0.15) is 0 Å². The second kappa shape index (κ2) is 4.55. The first-order chi connectivity index (χ1) is 9.08. The summed E-state index contributed by atoms with van der Waals surface area (Å²) >= 11 is 0. The molecule has 2 fully saturated rings. The van der Waals surface area contributed by atoms with Crippen molar-refractivity contribution in [2.45, 2.75) is 64.6 Å². The largest absolute Gasteiger partial charge is 0.481 e. The van der Waals surface area contributed by atoms with E-state index in [-0.39, 0.29) is 24.3 Å². The Hall–Kier alpha value is -1.43. The zero-order valence-corrected chi connectivity index (χ0v) is 12.4. The number of carboxylic acids is 1. The molecule has 1 aliphatic heterocycles. The Kier molecular flexibility index (Phi) is 3.40. The van der Waals surface area contributed by atoms with Gasteiger partial charge in [-0.25, -0.2) is 0 Å². The number of amides is 2. The number of carboxylic acid groups (broad SMARTS) is 1. The molecular formula is C14H22N2O4. The van der Waals surface area contributed by atoms with Crippen LogP contribution in [-0.4, -0.2) is 45.4 Å². The third-order valence-corrected chi connectivity index (χ3v) is 4.73. The molecule has 0 bridgehead atoms. The van der Waals surface area contributed by atoms with Crippen LogP contribution in [0.5, 0.6) is 0 Å². The minimum atomic E-state index is -1.05. The molecule has 0 radical (unpaired) electrons. The van der Waals surface area contributed by atoms with E-state index in [1.54, 1.807) is 27.7 Å². The SMILES string of the molecule is CC(C)(NC1CC(=O)N(C2CC2)C1=O)C(C)(C)C(=O)O. The van der Waals surface area contributed by atoms with Crippen molar-refractivity contribution in [3.63, 3.8) is 0 Å². The van der Waals surface area contributed by atoms with E-state index in [0.717, 1.165) is 12.8 Å². The van der Waals surface area contributed by atoms with Crippen LogP contribution in [0.3, 0.4) is 0 Å². The highest BCUT2D eigenvalue weighted by atomic mass is 16.4. The van der Waals surface area contributed by atoms with Crippen LogP contribution in [0.4, 0.5) is 0 Å². The normalized spacial score (nSPS) is 24.4. The second-order valence-corrected chi connectivity index (χ2v) is 6.79. The van der Waals surface area contributed by atoms with Gasteiger partial charge in [0.15, 0.2) is 0 Å². The lowest BCUT2D eigenvalue weighted by atomic mass is 9.74. The highest BCUT2D eigenvalue weighted by Gasteiger charge is 2.50. The van der Waals surface area contributed by atoms with E-state index >= 15 is 0 Å². The molecule has 1 unspecified atom stereocenters. The monoisotopic (exact) mass is 282 g/mol. The van der Waals surface area contributed by atoms with E-state index in [9.17, 15) is 19.5 Å². The lowest BCUT2D eigenvalue weighted by Gasteiger charge is -2.40. The minimum Gasteiger partial charge on any atom is -0.481 e. The second-order valence-electron chi connectivity index (χ2n) is 6.79. The van der Waals surface area contributed by atoms with Crippen LogP contribution in [0.25, 0.3) is 0 Å². The Balaban J connectivity index is 2.12. The van der Waals surface area contributed by atoms with Gasteiger partial charge in [-0.3, -0.25) is 24.6 Å². The molecule has 0 aromatic heterocycles. The molecule has 1 atom stereocenters. The number of hydrogen-bond donors (Lipinski definition) is 2. The number of aliphatic carboxylic acids is 1. The molecule has 1 saturated carbocycles. The third-order valence-electron chi connectivity index (χ3n) is 4.73. The first-order valence-corrected chi connectivity index (χ1v) is 6.95. The summed E-state index contributed by atoms with van der Waals surface area (Å²) in [5.74, 6) is -1.31.